The van der Waals surface area contributed by atoms with Crippen molar-refractivity contribution in [2.75, 3.05) is 12.1 Å². The van der Waals surface area contributed by atoms with Gasteiger partial charge in [-0.2, -0.15) is 0 Å². The van der Waals surface area contributed by atoms with E-state index in [2.05, 4.69) is 56.4 Å². The van der Waals surface area contributed by atoms with Crippen molar-refractivity contribution < 1.29 is 14.3 Å². The minimum absolute atomic E-state index is 0.0433. The van der Waals surface area contributed by atoms with Crippen LogP contribution in [0.2, 0.25) is 0 Å². The molecule has 158 valence electrons. The molecule has 4 heteroatoms. The minimum Gasteiger partial charge on any atom is -0.454 e. The van der Waals surface area contributed by atoms with Gasteiger partial charge in [0.2, 0.25) is 12.7 Å². The van der Waals surface area contributed by atoms with Crippen LogP contribution in [0.5, 0.6) is 11.5 Å². The Labute approximate surface area is 183 Å². The molecule has 0 spiro atoms. The maximum absolute atomic E-state index is 13.3. The van der Waals surface area contributed by atoms with Gasteiger partial charge in [-0.3, -0.25) is 4.79 Å². The highest BCUT2D eigenvalue weighted by molar-refractivity contribution is 6.02. The molecule has 1 aliphatic carbocycles. The SMILES string of the molecule is Cc1c(NC(=O)C2(c3ccc4c(c3)OCO4)CC2)cccc1-c1ccc(C(C)C)cc1. The topological polar surface area (TPSA) is 47.6 Å². The number of amides is 1. The second-order valence-electron chi connectivity index (χ2n) is 8.86. The first-order chi connectivity index (χ1) is 15.0. The molecule has 0 aromatic heterocycles. The number of fused-ring (bicyclic) bond motifs is 1. The molecule has 5 rings (SSSR count). The van der Waals surface area contributed by atoms with Gasteiger partial charge >= 0.3 is 0 Å². The predicted molar refractivity (Wildman–Crippen MR) is 123 cm³/mol. The Morgan fingerprint density at radius 3 is 2.42 bits per heavy atom. The van der Waals surface area contributed by atoms with Gasteiger partial charge in [0.15, 0.2) is 11.5 Å². The maximum Gasteiger partial charge on any atom is 0.235 e. The Kier molecular flexibility index (Phi) is 4.73. The van der Waals surface area contributed by atoms with E-state index in [9.17, 15) is 4.79 Å². The summed E-state index contributed by atoms with van der Waals surface area (Å²) in [6, 6.07) is 20.6. The average Bonchev–Trinajstić information content (AvgIpc) is 3.46. The number of nitrogens with one attached hydrogen (secondary N) is 1. The Morgan fingerprint density at radius 1 is 0.968 bits per heavy atom. The summed E-state index contributed by atoms with van der Waals surface area (Å²) in [6.07, 6.45) is 1.68. The molecule has 1 amide bonds. The van der Waals surface area contributed by atoms with Gasteiger partial charge in [-0.1, -0.05) is 56.3 Å². The van der Waals surface area contributed by atoms with Crippen LogP contribution in [-0.4, -0.2) is 12.7 Å². The molecular weight excluding hydrogens is 386 g/mol. The zero-order chi connectivity index (χ0) is 21.6. The largest absolute Gasteiger partial charge is 0.454 e. The summed E-state index contributed by atoms with van der Waals surface area (Å²) in [5.41, 5.74) is 6.08. The summed E-state index contributed by atoms with van der Waals surface area (Å²) >= 11 is 0. The lowest BCUT2D eigenvalue weighted by Gasteiger charge is -2.19. The standard InChI is InChI=1S/C27H27NO3/c1-17(2)19-7-9-20(10-8-19)22-5-4-6-23(18(22)3)28-26(29)27(13-14-27)21-11-12-24-25(15-21)31-16-30-24/h4-12,15,17H,13-14,16H2,1-3H3,(H,28,29). The van der Waals surface area contributed by atoms with E-state index in [-0.39, 0.29) is 12.7 Å². The van der Waals surface area contributed by atoms with Gasteiger partial charge in [-0.05, 0) is 71.7 Å². The molecule has 0 radical (unpaired) electrons. The van der Waals surface area contributed by atoms with E-state index < -0.39 is 5.41 Å². The monoisotopic (exact) mass is 413 g/mol. The van der Waals surface area contributed by atoms with Crippen LogP contribution in [0.4, 0.5) is 5.69 Å². The summed E-state index contributed by atoms with van der Waals surface area (Å²) in [5, 5.41) is 3.21. The molecule has 0 saturated heterocycles. The van der Waals surface area contributed by atoms with Crippen LogP contribution in [0.15, 0.2) is 60.7 Å². The Morgan fingerprint density at radius 2 is 1.71 bits per heavy atom. The summed E-state index contributed by atoms with van der Waals surface area (Å²) in [7, 11) is 0. The number of carbonyl (C=O) groups excluding carboxylic acids is 1. The average molecular weight is 414 g/mol. The van der Waals surface area contributed by atoms with Gasteiger partial charge in [0.1, 0.15) is 0 Å². The molecule has 31 heavy (non-hydrogen) atoms. The van der Waals surface area contributed by atoms with E-state index in [1.165, 1.54) is 5.56 Å². The van der Waals surface area contributed by atoms with Crippen molar-refractivity contribution >= 4 is 11.6 Å². The highest BCUT2D eigenvalue weighted by Gasteiger charge is 2.51. The van der Waals surface area contributed by atoms with Crippen LogP contribution < -0.4 is 14.8 Å². The Balaban J connectivity index is 1.40. The maximum atomic E-state index is 13.3. The van der Waals surface area contributed by atoms with Gasteiger partial charge < -0.3 is 14.8 Å². The first kappa shape index (κ1) is 19.7. The molecule has 1 fully saturated rings. The molecule has 4 nitrogen and oxygen atoms in total. The normalized spacial score (nSPS) is 15.7. The van der Waals surface area contributed by atoms with Gasteiger partial charge in [-0.25, -0.2) is 0 Å². The van der Waals surface area contributed by atoms with Crippen LogP contribution in [0.3, 0.4) is 0 Å². The van der Waals surface area contributed by atoms with Crippen molar-refractivity contribution in [2.45, 2.75) is 44.9 Å². The Bertz CT molecular complexity index is 1140. The van der Waals surface area contributed by atoms with Crippen LogP contribution in [0, 0.1) is 6.92 Å². The number of anilines is 1. The van der Waals surface area contributed by atoms with Gasteiger partial charge in [0, 0.05) is 5.69 Å². The molecule has 1 heterocycles. The lowest BCUT2D eigenvalue weighted by Crippen LogP contribution is -2.28. The zero-order valence-electron chi connectivity index (χ0n) is 18.2. The lowest BCUT2D eigenvalue weighted by atomic mass is 9.93. The van der Waals surface area contributed by atoms with Gasteiger partial charge in [-0.15, -0.1) is 0 Å². The molecule has 1 saturated carbocycles. The molecule has 1 aliphatic heterocycles. The number of rotatable bonds is 5. The smallest absolute Gasteiger partial charge is 0.235 e. The van der Waals surface area contributed by atoms with Crippen molar-refractivity contribution in [3.05, 3.63) is 77.4 Å². The molecule has 0 bridgehead atoms. The third-order valence-electron chi connectivity index (χ3n) is 6.58. The Hall–Kier alpha value is -3.27. The second-order valence-corrected chi connectivity index (χ2v) is 8.86. The number of carbonyl (C=O) groups is 1. The fourth-order valence-corrected chi connectivity index (χ4v) is 4.34. The van der Waals surface area contributed by atoms with Crippen LogP contribution >= 0.6 is 0 Å². The van der Waals surface area contributed by atoms with Crippen molar-refractivity contribution in [3.8, 4) is 22.6 Å². The van der Waals surface area contributed by atoms with Gasteiger partial charge in [0.05, 0.1) is 5.41 Å². The molecular formula is C27H27NO3. The summed E-state index contributed by atoms with van der Waals surface area (Å²) in [5.74, 6) is 2.01. The van der Waals surface area contributed by atoms with E-state index in [0.29, 0.717) is 5.92 Å². The predicted octanol–water partition coefficient (Wildman–Crippen LogP) is 6.18. The van der Waals surface area contributed by atoms with Gasteiger partial charge in [0.25, 0.3) is 0 Å². The van der Waals surface area contributed by atoms with Crippen LogP contribution in [-0.2, 0) is 10.2 Å². The van der Waals surface area contributed by atoms with Crippen molar-refractivity contribution in [1.29, 1.82) is 0 Å². The van der Waals surface area contributed by atoms with Crippen molar-refractivity contribution in [2.24, 2.45) is 0 Å². The molecule has 3 aromatic rings. The highest BCUT2D eigenvalue weighted by Crippen LogP contribution is 2.51. The fraction of sp³-hybridized carbons (Fsp3) is 0.296. The van der Waals surface area contributed by atoms with Crippen molar-refractivity contribution in [1.82, 2.24) is 0 Å². The fourth-order valence-electron chi connectivity index (χ4n) is 4.34. The van der Waals surface area contributed by atoms with E-state index in [4.69, 9.17) is 9.47 Å². The molecule has 2 aliphatic rings. The van der Waals surface area contributed by atoms with E-state index in [0.717, 1.165) is 52.3 Å². The first-order valence-corrected chi connectivity index (χ1v) is 10.9. The molecule has 0 atom stereocenters. The summed E-state index contributed by atoms with van der Waals surface area (Å²) in [6.45, 7) is 6.71. The molecule has 0 unspecified atom stereocenters. The summed E-state index contributed by atoms with van der Waals surface area (Å²) in [4.78, 5) is 13.3. The molecule has 3 aromatic carbocycles. The number of hydrogen-bond donors (Lipinski definition) is 1. The number of ether oxygens (including phenoxy) is 2. The van der Waals surface area contributed by atoms with E-state index >= 15 is 0 Å². The van der Waals surface area contributed by atoms with Crippen LogP contribution in [0.1, 0.15) is 49.3 Å². The zero-order valence-corrected chi connectivity index (χ0v) is 18.2. The second kappa shape index (κ2) is 7.45. The van der Waals surface area contributed by atoms with Crippen LogP contribution in [0.25, 0.3) is 11.1 Å². The minimum atomic E-state index is -0.484. The lowest BCUT2D eigenvalue weighted by molar-refractivity contribution is -0.118. The number of hydrogen-bond acceptors (Lipinski definition) is 3. The third-order valence-corrected chi connectivity index (χ3v) is 6.58. The number of benzene rings is 3. The van der Waals surface area contributed by atoms with Crippen molar-refractivity contribution in [3.63, 3.8) is 0 Å². The summed E-state index contributed by atoms with van der Waals surface area (Å²) < 4.78 is 10.9. The quantitative estimate of drug-likeness (QED) is 0.543. The molecule has 1 N–H and O–H groups in total. The highest BCUT2D eigenvalue weighted by atomic mass is 16.7. The first-order valence-electron chi connectivity index (χ1n) is 10.9. The van der Waals surface area contributed by atoms with E-state index in [1.54, 1.807) is 0 Å². The van der Waals surface area contributed by atoms with E-state index in [1.807, 2.05) is 30.3 Å². The third kappa shape index (κ3) is 3.46.